The highest BCUT2D eigenvalue weighted by Crippen LogP contribution is 2.17. The van der Waals surface area contributed by atoms with E-state index in [1.54, 1.807) is 6.92 Å². The van der Waals surface area contributed by atoms with Crippen LogP contribution in [-0.4, -0.2) is 30.8 Å². The second kappa shape index (κ2) is 4.75. The van der Waals surface area contributed by atoms with Gasteiger partial charge in [-0.05, 0) is 19.9 Å². The molecule has 0 unspecified atom stereocenters. The Morgan fingerprint density at radius 1 is 1.38 bits per heavy atom. The molecule has 78 valence electrons. The van der Waals surface area contributed by atoms with Gasteiger partial charge in [-0.25, -0.2) is 0 Å². The van der Waals surface area contributed by atoms with E-state index in [0.29, 0.717) is 5.92 Å². The van der Waals surface area contributed by atoms with Crippen LogP contribution in [0.15, 0.2) is 0 Å². The van der Waals surface area contributed by atoms with Gasteiger partial charge in [0.1, 0.15) is 5.78 Å². The molecule has 0 radical (unpaired) electrons. The normalized spacial score (nSPS) is 12.6. The molecule has 0 heterocycles. The molecule has 0 aromatic carbocycles. The molecule has 0 aliphatic rings. The lowest BCUT2D eigenvalue weighted by atomic mass is 9.88. The van der Waals surface area contributed by atoms with Crippen LogP contribution in [-0.2, 0) is 4.79 Å². The van der Waals surface area contributed by atoms with Gasteiger partial charge in [-0.1, -0.05) is 27.7 Å². The molecular formula is C11H23NO. The Hall–Kier alpha value is -0.370. The standard InChI is InChI=1S/C11H23NO/c1-9(2)7-12(6)8-11(4,5)10(3)13/h9H,7-8H2,1-6H3. The summed E-state index contributed by atoms with van der Waals surface area (Å²) in [5.41, 5.74) is -0.205. The first-order chi connectivity index (χ1) is 5.75. The minimum absolute atomic E-state index is 0.205. The molecule has 0 spiro atoms. The quantitative estimate of drug-likeness (QED) is 0.654. The minimum Gasteiger partial charge on any atom is -0.305 e. The lowest BCUT2D eigenvalue weighted by Crippen LogP contribution is -2.37. The Morgan fingerprint density at radius 2 is 1.85 bits per heavy atom. The largest absolute Gasteiger partial charge is 0.305 e. The van der Waals surface area contributed by atoms with Gasteiger partial charge in [0.15, 0.2) is 0 Å². The van der Waals surface area contributed by atoms with Crippen molar-refractivity contribution in [3.8, 4) is 0 Å². The Morgan fingerprint density at radius 3 is 2.15 bits per heavy atom. The van der Waals surface area contributed by atoms with Gasteiger partial charge in [-0.15, -0.1) is 0 Å². The fraction of sp³-hybridized carbons (Fsp3) is 0.909. The predicted octanol–water partition coefficient (Wildman–Crippen LogP) is 2.19. The summed E-state index contributed by atoms with van der Waals surface area (Å²) in [6.07, 6.45) is 0. The highest BCUT2D eigenvalue weighted by atomic mass is 16.1. The predicted molar refractivity (Wildman–Crippen MR) is 56.8 cm³/mol. The van der Waals surface area contributed by atoms with E-state index in [9.17, 15) is 4.79 Å². The molecule has 0 aromatic heterocycles. The second-order valence-electron chi connectivity index (χ2n) is 5.03. The molecule has 0 bridgehead atoms. The Kier molecular flexibility index (Phi) is 4.62. The zero-order chi connectivity index (χ0) is 10.6. The molecule has 0 aromatic rings. The van der Waals surface area contributed by atoms with Crippen LogP contribution in [0.4, 0.5) is 0 Å². The van der Waals surface area contributed by atoms with Crippen LogP contribution < -0.4 is 0 Å². The van der Waals surface area contributed by atoms with Gasteiger partial charge in [-0.2, -0.15) is 0 Å². The summed E-state index contributed by atoms with van der Waals surface area (Å²) in [6, 6.07) is 0. The van der Waals surface area contributed by atoms with Crippen molar-refractivity contribution in [2.24, 2.45) is 11.3 Å². The van der Waals surface area contributed by atoms with E-state index < -0.39 is 0 Å². The molecule has 2 nitrogen and oxygen atoms in total. The third kappa shape index (κ3) is 5.04. The van der Waals surface area contributed by atoms with Gasteiger partial charge in [-0.3, -0.25) is 4.79 Å². The van der Waals surface area contributed by atoms with Crippen molar-refractivity contribution in [2.75, 3.05) is 20.1 Å². The average molecular weight is 185 g/mol. The highest BCUT2D eigenvalue weighted by molar-refractivity contribution is 5.81. The molecule has 0 saturated carbocycles. The lowest BCUT2D eigenvalue weighted by Gasteiger charge is -2.28. The van der Waals surface area contributed by atoms with E-state index in [1.165, 1.54) is 0 Å². The SMILES string of the molecule is CC(=O)C(C)(C)CN(C)CC(C)C. The topological polar surface area (TPSA) is 20.3 Å². The number of hydrogen-bond acceptors (Lipinski definition) is 2. The third-order valence-electron chi connectivity index (χ3n) is 2.30. The van der Waals surface area contributed by atoms with E-state index in [4.69, 9.17) is 0 Å². The average Bonchev–Trinajstić information content (AvgIpc) is 1.82. The number of nitrogens with zero attached hydrogens (tertiary/aromatic N) is 1. The first kappa shape index (κ1) is 12.6. The van der Waals surface area contributed by atoms with Crippen molar-refractivity contribution >= 4 is 5.78 Å². The second-order valence-corrected chi connectivity index (χ2v) is 5.03. The van der Waals surface area contributed by atoms with Crippen LogP contribution >= 0.6 is 0 Å². The summed E-state index contributed by atoms with van der Waals surface area (Å²) in [4.78, 5) is 13.5. The molecular weight excluding hydrogens is 162 g/mol. The monoisotopic (exact) mass is 185 g/mol. The molecule has 0 N–H and O–H groups in total. The van der Waals surface area contributed by atoms with Crippen molar-refractivity contribution in [3.63, 3.8) is 0 Å². The molecule has 0 aliphatic heterocycles. The summed E-state index contributed by atoms with van der Waals surface area (Å²) in [5.74, 6) is 0.927. The zero-order valence-corrected chi connectivity index (χ0v) is 9.85. The number of hydrogen-bond donors (Lipinski definition) is 0. The fourth-order valence-corrected chi connectivity index (χ4v) is 1.47. The maximum absolute atomic E-state index is 11.3. The van der Waals surface area contributed by atoms with Crippen LogP contribution in [0.5, 0.6) is 0 Å². The van der Waals surface area contributed by atoms with E-state index in [-0.39, 0.29) is 11.2 Å². The summed E-state index contributed by atoms with van der Waals surface area (Å²) >= 11 is 0. The van der Waals surface area contributed by atoms with Crippen LogP contribution in [0.3, 0.4) is 0 Å². The van der Waals surface area contributed by atoms with E-state index in [0.717, 1.165) is 13.1 Å². The zero-order valence-electron chi connectivity index (χ0n) is 9.85. The molecule has 2 heteroatoms. The molecule has 0 fully saturated rings. The lowest BCUT2D eigenvalue weighted by molar-refractivity contribution is -0.125. The number of carbonyl (C=O) groups excluding carboxylic acids is 1. The Labute approximate surface area is 82.3 Å². The number of Topliss-reactive ketones (excluding diaryl/α,β-unsaturated/α-hetero) is 1. The number of ketones is 1. The molecule has 0 atom stereocenters. The molecule has 0 aliphatic carbocycles. The number of rotatable bonds is 5. The van der Waals surface area contributed by atoms with Gasteiger partial charge in [0.2, 0.25) is 0 Å². The number of carbonyl (C=O) groups is 1. The molecule has 0 saturated heterocycles. The van der Waals surface area contributed by atoms with Gasteiger partial charge in [0.25, 0.3) is 0 Å². The fourth-order valence-electron chi connectivity index (χ4n) is 1.47. The third-order valence-corrected chi connectivity index (χ3v) is 2.30. The van der Waals surface area contributed by atoms with Crippen molar-refractivity contribution in [1.29, 1.82) is 0 Å². The summed E-state index contributed by atoms with van der Waals surface area (Å²) in [7, 11) is 2.07. The van der Waals surface area contributed by atoms with Crippen LogP contribution in [0.25, 0.3) is 0 Å². The Balaban J connectivity index is 4.04. The minimum atomic E-state index is -0.205. The van der Waals surface area contributed by atoms with E-state index in [2.05, 4.69) is 25.8 Å². The van der Waals surface area contributed by atoms with Crippen LogP contribution in [0.1, 0.15) is 34.6 Å². The van der Waals surface area contributed by atoms with Crippen LogP contribution in [0.2, 0.25) is 0 Å². The van der Waals surface area contributed by atoms with Crippen LogP contribution in [0, 0.1) is 11.3 Å². The summed E-state index contributed by atoms with van der Waals surface area (Å²) in [5, 5.41) is 0. The summed E-state index contributed by atoms with van der Waals surface area (Å²) in [6.45, 7) is 12.0. The van der Waals surface area contributed by atoms with Crippen molar-refractivity contribution < 1.29 is 4.79 Å². The first-order valence-corrected chi connectivity index (χ1v) is 4.95. The molecule has 0 rings (SSSR count). The maximum Gasteiger partial charge on any atom is 0.136 e. The van der Waals surface area contributed by atoms with Gasteiger partial charge >= 0.3 is 0 Å². The van der Waals surface area contributed by atoms with Crippen molar-refractivity contribution in [1.82, 2.24) is 4.90 Å². The molecule has 0 amide bonds. The van der Waals surface area contributed by atoms with E-state index >= 15 is 0 Å². The van der Waals surface area contributed by atoms with Crippen molar-refractivity contribution in [2.45, 2.75) is 34.6 Å². The maximum atomic E-state index is 11.3. The van der Waals surface area contributed by atoms with Crippen molar-refractivity contribution in [3.05, 3.63) is 0 Å². The smallest absolute Gasteiger partial charge is 0.136 e. The van der Waals surface area contributed by atoms with Gasteiger partial charge < -0.3 is 4.90 Å². The van der Waals surface area contributed by atoms with Gasteiger partial charge in [0, 0.05) is 18.5 Å². The first-order valence-electron chi connectivity index (χ1n) is 4.95. The Bertz CT molecular complexity index is 173. The molecule has 13 heavy (non-hydrogen) atoms. The van der Waals surface area contributed by atoms with E-state index in [1.807, 2.05) is 13.8 Å². The van der Waals surface area contributed by atoms with Gasteiger partial charge in [0.05, 0.1) is 0 Å². The summed E-state index contributed by atoms with van der Waals surface area (Å²) < 4.78 is 0. The highest BCUT2D eigenvalue weighted by Gasteiger charge is 2.25.